The molecule has 4 heterocycles. The van der Waals surface area contributed by atoms with E-state index in [9.17, 15) is 0 Å². The number of hydrogen-bond donors (Lipinski definition) is 1. The Morgan fingerprint density at radius 2 is 1.96 bits per heavy atom. The van der Waals surface area contributed by atoms with E-state index in [1.807, 2.05) is 19.1 Å². The minimum Gasteiger partial charge on any atom is -0.493 e. The van der Waals surface area contributed by atoms with Crippen molar-refractivity contribution in [1.82, 2.24) is 10.3 Å². The average molecular weight is 376 g/mol. The van der Waals surface area contributed by atoms with Crippen LogP contribution in [-0.4, -0.2) is 49.5 Å². The van der Waals surface area contributed by atoms with E-state index in [1.54, 1.807) is 7.11 Å². The predicted octanol–water partition coefficient (Wildman–Crippen LogP) is 2.73. The van der Waals surface area contributed by atoms with E-state index < -0.39 is 0 Å². The van der Waals surface area contributed by atoms with E-state index in [1.165, 1.54) is 12.8 Å². The van der Waals surface area contributed by atoms with Crippen molar-refractivity contribution in [3.63, 3.8) is 0 Å². The van der Waals surface area contributed by atoms with Crippen molar-refractivity contribution >= 4 is 30.6 Å². The number of rotatable bonds is 2. The van der Waals surface area contributed by atoms with Crippen LogP contribution in [0, 0.1) is 6.92 Å². The molecule has 3 fully saturated rings. The molecule has 0 amide bonds. The third-order valence-corrected chi connectivity index (χ3v) is 5.32. The van der Waals surface area contributed by atoms with Crippen molar-refractivity contribution in [3.8, 4) is 5.75 Å². The summed E-state index contributed by atoms with van der Waals surface area (Å²) in [5.41, 5.74) is 1.02. The van der Waals surface area contributed by atoms with Gasteiger partial charge >= 0.3 is 0 Å². The van der Waals surface area contributed by atoms with Crippen molar-refractivity contribution in [2.24, 2.45) is 0 Å². The Morgan fingerprint density at radius 3 is 2.62 bits per heavy atom. The fraction of sp³-hybridized carbons (Fsp3) is 0.706. The lowest BCUT2D eigenvalue weighted by Crippen LogP contribution is -2.59. The summed E-state index contributed by atoms with van der Waals surface area (Å²) in [7, 11) is 1.72. The number of piperidine rings is 1. The van der Waals surface area contributed by atoms with E-state index in [0.29, 0.717) is 12.1 Å². The van der Waals surface area contributed by atoms with Gasteiger partial charge in [-0.25, -0.2) is 4.98 Å². The van der Waals surface area contributed by atoms with Gasteiger partial charge in [-0.3, -0.25) is 0 Å². The zero-order chi connectivity index (χ0) is 15.2. The number of halogens is 2. The molecular weight excluding hydrogens is 349 g/mol. The topological polar surface area (TPSA) is 46.6 Å². The minimum atomic E-state index is -0.00816. The normalized spacial score (nSPS) is 31.3. The van der Waals surface area contributed by atoms with Crippen molar-refractivity contribution in [3.05, 3.63) is 17.8 Å². The van der Waals surface area contributed by atoms with Gasteiger partial charge in [0.05, 0.1) is 19.3 Å². The Morgan fingerprint density at radius 1 is 1.25 bits per heavy atom. The highest BCUT2D eigenvalue weighted by atomic mass is 35.5. The number of aryl methyl sites for hydroxylation is 1. The van der Waals surface area contributed by atoms with Gasteiger partial charge in [-0.15, -0.1) is 24.8 Å². The third kappa shape index (κ3) is 3.59. The van der Waals surface area contributed by atoms with Crippen LogP contribution in [0.3, 0.4) is 0 Å². The number of fused-ring (bicyclic) bond motifs is 2. The predicted molar refractivity (Wildman–Crippen MR) is 100 cm³/mol. The van der Waals surface area contributed by atoms with Crippen LogP contribution in [0.4, 0.5) is 5.82 Å². The Hall–Kier alpha value is -0.750. The highest BCUT2D eigenvalue weighted by Crippen LogP contribution is 2.40. The largest absolute Gasteiger partial charge is 0.493 e. The summed E-state index contributed by atoms with van der Waals surface area (Å²) in [5.74, 6) is 1.83. The van der Waals surface area contributed by atoms with Crippen molar-refractivity contribution in [2.45, 2.75) is 50.3 Å². The fourth-order valence-corrected chi connectivity index (χ4v) is 4.39. The van der Waals surface area contributed by atoms with Gasteiger partial charge in [0, 0.05) is 30.9 Å². The molecule has 0 aromatic carbocycles. The van der Waals surface area contributed by atoms with Gasteiger partial charge in [0.2, 0.25) is 0 Å². The van der Waals surface area contributed by atoms with Crippen molar-refractivity contribution < 1.29 is 9.47 Å². The highest BCUT2D eigenvalue weighted by Gasteiger charge is 2.47. The number of nitrogens with zero attached hydrogens (tertiary/aromatic N) is 2. The number of anilines is 1. The molecule has 1 spiro atoms. The summed E-state index contributed by atoms with van der Waals surface area (Å²) in [6.45, 7) is 4.62. The van der Waals surface area contributed by atoms with E-state index in [0.717, 1.165) is 49.8 Å². The van der Waals surface area contributed by atoms with Crippen LogP contribution in [0.5, 0.6) is 5.75 Å². The van der Waals surface area contributed by atoms with Crippen LogP contribution in [0.1, 0.15) is 31.4 Å². The van der Waals surface area contributed by atoms with E-state index in [-0.39, 0.29) is 30.4 Å². The summed E-state index contributed by atoms with van der Waals surface area (Å²) < 4.78 is 11.8. The second-order valence-electron chi connectivity index (χ2n) is 6.98. The SMILES string of the molecule is COc1ccc(C)nc1N1CCOC2(C[C@H]3CC[C@@H](C2)N3)C1.Cl.Cl. The molecule has 136 valence electrons. The van der Waals surface area contributed by atoms with Crippen molar-refractivity contribution in [1.29, 1.82) is 0 Å². The minimum absolute atomic E-state index is 0. The first-order valence-corrected chi connectivity index (χ1v) is 8.34. The molecule has 3 saturated heterocycles. The fourth-order valence-electron chi connectivity index (χ4n) is 4.39. The molecule has 0 aliphatic carbocycles. The zero-order valence-corrected chi connectivity index (χ0v) is 15.9. The molecule has 3 aliphatic heterocycles. The van der Waals surface area contributed by atoms with Gasteiger partial charge in [-0.1, -0.05) is 0 Å². The lowest BCUT2D eigenvalue weighted by Gasteiger charge is -2.47. The Labute approximate surface area is 156 Å². The smallest absolute Gasteiger partial charge is 0.171 e. The molecule has 0 saturated carbocycles. The molecule has 0 radical (unpaired) electrons. The molecule has 7 heteroatoms. The molecule has 3 aliphatic rings. The maximum absolute atomic E-state index is 6.29. The van der Waals surface area contributed by atoms with Crippen LogP contribution in [0.15, 0.2) is 12.1 Å². The molecule has 24 heavy (non-hydrogen) atoms. The molecule has 1 N–H and O–H groups in total. The first-order valence-electron chi connectivity index (χ1n) is 8.34. The molecule has 5 nitrogen and oxygen atoms in total. The molecule has 4 rings (SSSR count). The van der Waals surface area contributed by atoms with Crippen LogP contribution in [0.25, 0.3) is 0 Å². The Kier molecular flexibility index (Phi) is 6.24. The van der Waals surface area contributed by atoms with Gasteiger partial charge in [0.1, 0.15) is 0 Å². The number of morpholine rings is 1. The second-order valence-corrected chi connectivity index (χ2v) is 6.98. The van der Waals surface area contributed by atoms with Crippen LogP contribution >= 0.6 is 24.8 Å². The maximum Gasteiger partial charge on any atom is 0.171 e. The summed E-state index contributed by atoms with van der Waals surface area (Å²) in [4.78, 5) is 7.09. The molecule has 3 atom stereocenters. The lowest BCUT2D eigenvalue weighted by atomic mass is 9.85. The third-order valence-electron chi connectivity index (χ3n) is 5.32. The maximum atomic E-state index is 6.29. The number of hydrogen-bond acceptors (Lipinski definition) is 5. The number of aromatic nitrogens is 1. The second kappa shape index (κ2) is 7.65. The number of methoxy groups -OCH3 is 1. The molecular formula is C17H27Cl2N3O2. The standard InChI is InChI=1S/C17H25N3O2.2ClH/c1-12-3-6-15(21-2)16(18-12)20-7-8-22-17(11-20)9-13-4-5-14(10-17)19-13;;/h3,6,13-14,19H,4-5,7-11H2,1-2H3;2*1H/t13-,14+,17?;;. The number of nitrogens with one attached hydrogen (secondary N) is 1. The average Bonchev–Trinajstić information content (AvgIpc) is 2.87. The van der Waals surface area contributed by atoms with E-state index in [2.05, 4.69) is 10.2 Å². The van der Waals surface area contributed by atoms with Gasteiger partial charge in [0.15, 0.2) is 11.6 Å². The van der Waals surface area contributed by atoms with Crippen LogP contribution in [0.2, 0.25) is 0 Å². The Bertz CT molecular complexity index is 561. The zero-order valence-electron chi connectivity index (χ0n) is 14.3. The first kappa shape index (κ1) is 19.6. The van der Waals surface area contributed by atoms with Gasteiger partial charge < -0.3 is 19.7 Å². The molecule has 1 unspecified atom stereocenters. The number of pyridine rings is 1. The number of ether oxygens (including phenoxy) is 2. The van der Waals surface area contributed by atoms with Crippen molar-refractivity contribution in [2.75, 3.05) is 31.7 Å². The summed E-state index contributed by atoms with van der Waals surface area (Å²) >= 11 is 0. The van der Waals surface area contributed by atoms with Gasteiger partial charge in [0.25, 0.3) is 0 Å². The first-order chi connectivity index (χ1) is 10.7. The van der Waals surface area contributed by atoms with E-state index in [4.69, 9.17) is 14.5 Å². The quantitative estimate of drug-likeness (QED) is 0.860. The summed E-state index contributed by atoms with van der Waals surface area (Å²) in [5, 5.41) is 3.71. The summed E-state index contributed by atoms with van der Waals surface area (Å²) in [6.07, 6.45) is 4.83. The monoisotopic (exact) mass is 375 g/mol. The van der Waals surface area contributed by atoms with E-state index >= 15 is 0 Å². The molecule has 1 aromatic rings. The van der Waals surface area contributed by atoms with Crippen LogP contribution < -0.4 is 15.0 Å². The molecule has 2 bridgehead atoms. The lowest BCUT2D eigenvalue weighted by molar-refractivity contribution is -0.0846. The summed E-state index contributed by atoms with van der Waals surface area (Å²) in [6, 6.07) is 5.28. The Balaban J connectivity index is 0.00000104. The van der Waals surface area contributed by atoms with Crippen LogP contribution in [-0.2, 0) is 4.74 Å². The van der Waals surface area contributed by atoms with Gasteiger partial charge in [-0.2, -0.15) is 0 Å². The highest BCUT2D eigenvalue weighted by molar-refractivity contribution is 5.85. The molecule has 1 aromatic heterocycles. The van der Waals surface area contributed by atoms with Gasteiger partial charge in [-0.05, 0) is 44.7 Å².